The molecule has 1 rings (SSSR count). The van der Waals surface area contributed by atoms with Gasteiger partial charge in [0.25, 0.3) is 0 Å². The number of hydrogen-bond acceptors (Lipinski definition) is 2. The van der Waals surface area contributed by atoms with E-state index in [4.69, 9.17) is 0 Å². The number of aliphatic hydroxyl groups excluding tert-OH is 1. The van der Waals surface area contributed by atoms with Crippen LogP contribution in [0.1, 0.15) is 52.4 Å². The van der Waals surface area contributed by atoms with Crippen molar-refractivity contribution in [2.45, 2.75) is 70.6 Å². The predicted octanol–water partition coefficient (Wildman–Crippen LogP) is 2.41. The molecule has 2 unspecified atom stereocenters. The fourth-order valence-corrected chi connectivity index (χ4v) is 2.38. The molecule has 0 heterocycles. The molecule has 2 atom stereocenters. The lowest BCUT2D eigenvalue weighted by atomic mass is 9.89. The van der Waals surface area contributed by atoms with Crippen LogP contribution in [0, 0.1) is 0 Å². The highest BCUT2D eigenvalue weighted by molar-refractivity contribution is 4.85. The first-order chi connectivity index (χ1) is 6.70. The minimum absolute atomic E-state index is 0.129. The van der Waals surface area contributed by atoms with Gasteiger partial charge < -0.3 is 5.11 Å². The number of aliphatic hydroxyl groups is 1. The largest absolute Gasteiger partial charge is 0.391 e. The Hall–Kier alpha value is -0.0800. The molecule has 2 heteroatoms. The molecule has 2 nitrogen and oxygen atoms in total. The number of hydrogen-bond donors (Lipinski definition) is 1. The molecule has 0 saturated heterocycles. The van der Waals surface area contributed by atoms with Crippen LogP contribution in [0.5, 0.6) is 0 Å². The summed E-state index contributed by atoms with van der Waals surface area (Å²) >= 11 is 0. The summed E-state index contributed by atoms with van der Waals surface area (Å²) in [6.07, 6.45) is 6.98. The van der Waals surface area contributed by atoms with Crippen molar-refractivity contribution in [1.82, 2.24) is 4.90 Å². The zero-order chi connectivity index (χ0) is 10.6. The Morgan fingerprint density at radius 1 is 1.36 bits per heavy atom. The van der Waals surface area contributed by atoms with E-state index >= 15 is 0 Å². The SMILES string of the molecule is CCCC(O)C(CC)N(C)C1CCC1. The Morgan fingerprint density at radius 2 is 2.00 bits per heavy atom. The maximum atomic E-state index is 10.0. The lowest BCUT2D eigenvalue weighted by Gasteiger charge is -2.41. The van der Waals surface area contributed by atoms with Crippen LogP contribution in [0.2, 0.25) is 0 Å². The standard InChI is InChI=1S/C12H25NO/c1-4-7-12(14)11(5-2)13(3)10-8-6-9-10/h10-12,14H,4-9H2,1-3H3. The fourth-order valence-electron chi connectivity index (χ4n) is 2.38. The number of rotatable bonds is 6. The summed E-state index contributed by atoms with van der Waals surface area (Å²) in [7, 11) is 2.18. The summed E-state index contributed by atoms with van der Waals surface area (Å²) in [5.74, 6) is 0. The van der Waals surface area contributed by atoms with Gasteiger partial charge in [-0.1, -0.05) is 26.7 Å². The maximum Gasteiger partial charge on any atom is 0.0695 e. The van der Waals surface area contributed by atoms with Crippen LogP contribution in [-0.4, -0.2) is 35.2 Å². The van der Waals surface area contributed by atoms with Crippen molar-refractivity contribution in [1.29, 1.82) is 0 Å². The third kappa shape index (κ3) is 2.71. The predicted molar refractivity (Wildman–Crippen MR) is 60.4 cm³/mol. The molecule has 0 aromatic heterocycles. The molecule has 1 aliphatic rings. The van der Waals surface area contributed by atoms with Crippen molar-refractivity contribution in [3.8, 4) is 0 Å². The van der Waals surface area contributed by atoms with E-state index in [1.54, 1.807) is 0 Å². The molecule has 0 aromatic carbocycles. The van der Waals surface area contributed by atoms with E-state index in [0.717, 1.165) is 25.3 Å². The summed E-state index contributed by atoms with van der Waals surface area (Å²) in [5.41, 5.74) is 0. The summed E-state index contributed by atoms with van der Waals surface area (Å²) in [6, 6.07) is 1.12. The van der Waals surface area contributed by atoms with Crippen molar-refractivity contribution < 1.29 is 5.11 Å². The van der Waals surface area contributed by atoms with Crippen LogP contribution >= 0.6 is 0 Å². The lowest BCUT2D eigenvalue weighted by Crippen LogP contribution is -2.48. The van der Waals surface area contributed by atoms with Gasteiger partial charge in [-0.3, -0.25) is 4.90 Å². The van der Waals surface area contributed by atoms with Crippen LogP contribution in [-0.2, 0) is 0 Å². The zero-order valence-electron chi connectivity index (χ0n) is 9.87. The highest BCUT2D eigenvalue weighted by atomic mass is 16.3. The molecule has 0 aromatic rings. The highest BCUT2D eigenvalue weighted by Crippen LogP contribution is 2.27. The Morgan fingerprint density at radius 3 is 2.36 bits per heavy atom. The monoisotopic (exact) mass is 199 g/mol. The van der Waals surface area contributed by atoms with Gasteiger partial charge in [-0.25, -0.2) is 0 Å². The second-order valence-electron chi connectivity index (χ2n) is 4.58. The van der Waals surface area contributed by atoms with Crippen molar-refractivity contribution in [2.24, 2.45) is 0 Å². The van der Waals surface area contributed by atoms with Gasteiger partial charge in [0.15, 0.2) is 0 Å². The van der Waals surface area contributed by atoms with Gasteiger partial charge in [0, 0.05) is 12.1 Å². The van der Waals surface area contributed by atoms with E-state index in [1.807, 2.05) is 0 Å². The molecule has 0 aliphatic heterocycles. The number of likely N-dealkylation sites (N-methyl/N-ethyl adjacent to an activating group) is 1. The molecule has 1 N–H and O–H groups in total. The van der Waals surface area contributed by atoms with Gasteiger partial charge in [-0.15, -0.1) is 0 Å². The average Bonchev–Trinajstić information content (AvgIpc) is 2.02. The van der Waals surface area contributed by atoms with E-state index in [0.29, 0.717) is 6.04 Å². The molecule has 14 heavy (non-hydrogen) atoms. The second-order valence-corrected chi connectivity index (χ2v) is 4.58. The Balaban J connectivity index is 2.41. The zero-order valence-corrected chi connectivity index (χ0v) is 9.87. The quantitative estimate of drug-likeness (QED) is 0.710. The minimum Gasteiger partial charge on any atom is -0.391 e. The first kappa shape index (κ1) is 12.0. The molecule has 0 amide bonds. The van der Waals surface area contributed by atoms with Gasteiger partial charge in [0.2, 0.25) is 0 Å². The van der Waals surface area contributed by atoms with E-state index in [-0.39, 0.29) is 6.10 Å². The van der Waals surface area contributed by atoms with Gasteiger partial charge >= 0.3 is 0 Å². The molecule has 84 valence electrons. The lowest BCUT2D eigenvalue weighted by molar-refractivity contribution is 0.0127. The van der Waals surface area contributed by atoms with Gasteiger partial charge in [0.05, 0.1) is 6.10 Å². The van der Waals surface area contributed by atoms with Crippen LogP contribution < -0.4 is 0 Å². The first-order valence-corrected chi connectivity index (χ1v) is 6.10. The maximum absolute atomic E-state index is 10.0. The highest BCUT2D eigenvalue weighted by Gasteiger charge is 2.29. The second kappa shape index (κ2) is 5.72. The van der Waals surface area contributed by atoms with Gasteiger partial charge in [-0.05, 0) is 32.7 Å². The average molecular weight is 199 g/mol. The van der Waals surface area contributed by atoms with Gasteiger partial charge in [-0.2, -0.15) is 0 Å². The summed E-state index contributed by atoms with van der Waals surface area (Å²) < 4.78 is 0. The van der Waals surface area contributed by atoms with Crippen molar-refractivity contribution in [2.75, 3.05) is 7.05 Å². The van der Waals surface area contributed by atoms with Crippen molar-refractivity contribution in [3.63, 3.8) is 0 Å². The van der Waals surface area contributed by atoms with E-state index in [9.17, 15) is 5.11 Å². The van der Waals surface area contributed by atoms with Gasteiger partial charge in [0.1, 0.15) is 0 Å². The Kier molecular flexibility index (Phi) is 4.90. The molecule has 0 radical (unpaired) electrons. The minimum atomic E-state index is -0.129. The van der Waals surface area contributed by atoms with Crippen LogP contribution in [0.15, 0.2) is 0 Å². The number of nitrogens with zero attached hydrogens (tertiary/aromatic N) is 1. The third-order valence-corrected chi connectivity index (χ3v) is 3.62. The van der Waals surface area contributed by atoms with E-state index in [2.05, 4.69) is 25.8 Å². The molecule has 0 spiro atoms. The van der Waals surface area contributed by atoms with E-state index in [1.165, 1.54) is 19.3 Å². The van der Waals surface area contributed by atoms with Crippen LogP contribution in [0.4, 0.5) is 0 Å². The summed E-state index contributed by atoms with van der Waals surface area (Å²) in [6.45, 7) is 4.32. The smallest absolute Gasteiger partial charge is 0.0695 e. The Bertz CT molecular complexity index is 156. The fraction of sp³-hybridized carbons (Fsp3) is 1.00. The van der Waals surface area contributed by atoms with Crippen molar-refractivity contribution >= 4 is 0 Å². The van der Waals surface area contributed by atoms with Crippen LogP contribution in [0.25, 0.3) is 0 Å². The normalized spacial score (nSPS) is 22.1. The topological polar surface area (TPSA) is 23.5 Å². The summed E-state index contributed by atoms with van der Waals surface area (Å²) in [5, 5.41) is 10.0. The molecule has 1 fully saturated rings. The van der Waals surface area contributed by atoms with E-state index < -0.39 is 0 Å². The molecule has 1 saturated carbocycles. The summed E-state index contributed by atoms with van der Waals surface area (Å²) in [4.78, 5) is 2.41. The Labute approximate surface area is 88.3 Å². The first-order valence-electron chi connectivity index (χ1n) is 6.10. The molecule has 0 bridgehead atoms. The molecule has 1 aliphatic carbocycles. The van der Waals surface area contributed by atoms with Crippen molar-refractivity contribution in [3.05, 3.63) is 0 Å². The molecular formula is C12H25NO. The molecular weight excluding hydrogens is 174 g/mol. The third-order valence-electron chi connectivity index (χ3n) is 3.62. The van der Waals surface area contributed by atoms with Crippen LogP contribution in [0.3, 0.4) is 0 Å².